The van der Waals surface area contributed by atoms with Crippen LogP contribution >= 0.6 is 11.6 Å². The van der Waals surface area contributed by atoms with Gasteiger partial charge >= 0.3 is 0 Å². The summed E-state index contributed by atoms with van der Waals surface area (Å²) < 4.78 is 5.57. The molecular weight excluding hydrogens is 274 g/mol. The Morgan fingerprint density at radius 2 is 1.80 bits per heavy atom. The van der Waals surface area contributed by atoms with E-state index in [4.69, 9.17) is 16.3 Å². The molecule has 0 heterocycles. The van der Waals surface area contributed by atoms with E-state index in [0.29, 0.717) is 10.8 Å². The standard InChI is InChI=1S/C16H16ClNO2/c1-11-5-3-4-6-15(11)18-16(19)12(2)20-14-9-7-13(17)8-10-14/h3-10,12H,1-2H3,(H,18,19). The lowest BCUT2D eigenvalue weighted by Gasteiger charge is -2.15. The number of anilines is 1. The number of nitrogens with one attached hydrogen (secondary N) is 1. The van der Waals surface area contributed by atoms with Crippen molar-refractivity contribution in [2.24, 2.45) is 0 Å². The summed E-state index contributed by atoms with van der Waals surface area (Å²) in [6, 6.07) is 14.5. The first-order valence-electron chi connectivity index (χ1n) is 6.35. The first kappa shape index (κ1) is 14.4. The first-order chi connectivity index (χ1) is 9.56. The molecule has 0 bridgehead atoms. The van der Waals surface area contributed by atoms with Crippen LogP contribution < -0.4 is 10.1 Å². The van der Waals surface area contributed by atoms with E-state index in [1.54, 1.807) is 31.2 Å². The highest BCUT2D eigenvalue weighted by Crippen LogP contribution is 2.18. The molecule has 3 nitrogen and oxygen atoms in total. The summed E-state index contributed by atoms with van der Waals surface area (Å²) in [5.41, 5.74) is 1.81. The summed E-state index contributed by atoms with van der Waals surface area (Å²) in [5, 5.41) is 3.49. The molecule has 1 atom stereocenters. The molecule has 20 heavy (non-hydrogen) atoms. The molecule has 0 aromatic heterocycles. The molecule has 2 aromatic rings. The zero-order chi connectivity index (χ0) is 14.5. The number of ether oxygens (including phenoxy) is 1. The van der Waals surface area contributed by atoms with E-state index in [9.17, 15) is 4.79 Å². The molecule has 0 fully saturated rings. The number of carbonyl (C=O) groups excluding carboxylic acids is 1. The van der Waals surface area contributed by atoms with E-state index in [1.807, 2.05) is 31.2 Å². The van der Waals surface area contributed by atoms with Gasteiger partial charge in [-0.25, -0.2) is 0 Å². The van der Waals surface area contributed by atoms with E-state index in [-0.39, 0.29) is 5.91 Å². The monoisotopic (exact) mass is 289 g/mol. The predicted octanol–water partition coefficient (Wildman–Crippen LogP) is 4.05. The Morgan fingerprint density at radius 1 is 1.15 bits per heavy atom. The van der Waals surface area contributed by atoms with Gasteiger partial charge in [-0.2, -0.15) is 0 Å². The zero-order valence-electron chi connectivity index (χ0n) is 11.4. The van der Waals surface area contributed by atoms with Crippen LogP contribution in [-0.2, 0) is 4.79 Å². The van der Waals surface area contributed by atoms with E-state index >= 15 is 0 Å². The van der Waals surface area contributed by atoms with Crippen molar-refractivity contribution in [2.45, 2.75) is 20.0 Å². The fraction of sp³-hybridized carbons (Fsp3) is 0.188. The van der Waals surface area contributed by atoms with Crippen LogP contribution in [0.1, 0.15) is 12.5 Å². The van der Waals surface area contributed by atoms with Crippen molar-refractivity contribution in [3.8, 4) is 5.75 Å². The molecular formula is C16H16ClNO2. The average molecular weight is 290 g/mol. The van der Waals surface area contributed by atoms with Gasteiger partial charge in [0.05, 0.1) is 0 Å². The third-order valence-corrected chi connectivity index (χ3v) is 3.15. The van der Waals surface area contributed by atoms with Gasteiger partial charge in [0.2, 0.25) is 0 Å². The van der Waals surface area contributed by atoms with E-state index in [0.717, 1.165) is 11.3 Å². The molecule has 2 aromatic carbocycles. The summed E-state index contributed by atoms with van der Waals surface area (Å²) in [6.45, 7) is 3.66. The van der Waals surface area contributed by atoms with Gasteiger partial charge < -0.3 is 10.1 Å². The second kappa shape index (κ2) is 6.44. The number of hydrogen-bond donors (Lipinski definition) is 1. The quantitative estimate of drug-likeness (QED) is 0.922. The molecule has 0 spiro atoms. The van der Waals surface area contributed by atoms with E-state index in [2.05, 4.69) is 5.32 Å². The number of benzene rings is 2. The van der Waals surface area contributed by atoms with Crippen LogP contribution in [0.2, 0.25) is 5.02 Å². The number of para-hydroxylation sites is 1. The van der Waals surface area contributed by atoms with E-state index < -0.39 is 6.10 Å². The largest absolute Gasteiger partial charge is 0.481 e. The van der Waals surface area contributed by atoms with Gasteiger partial charge in [0.1, 0.15) is 5.75 Å². The lowest BCUT2D eigenvalue weighted by molar-refractivity contribution is -0.122. The molecule has 104 valence electrons. The molecule has 1 N–H and O–H groups in total. The predicted molar refractivity (Wildman–Crippen MR) is 81.4 cm³/mol. The number of rotatable bonds is 4. The number of hydrogen-bond acceptors (Lipinski definition) is 2. The number of amides is 1. The summed E-state index contributed by atoms with van der Waals surface area (Å²) in [4.78, 5) is 12.1. The Bertz CT molecular complexity index is 596. The van der Waals surface area contributed by atoms with Gasteiger partial charge in [-0.1, -0.05) is 29.8 Å². The lowest BCUT2D eigenvalue weighted by atomic mass is 10.2. The number of halogens is 1. The van der Waals surface area contributed by atoms with Crippen molar-refractivity contribution < 1.29 is 9.53 Å². The zero-order valence-corrected chi connectivity index (χ0v) is 12.1. The highest BCUT2D eigenvalue weighted by atomic mass is 35.5. The van der Waals surface area contributed by atoms with Gasteiger partial charge in [0, 0.05) is 10.7 Å². The second-order valence-corrected chi connectivity index (χ2v) is 4.95. The Kier molecular flexibility index (Phi) is 4.64. The molecule has 2 rings (SSSR count). The smallest absolute Gasteiger partial charge is 0.265 e. The minimum absolute atomic E-state index is 0.186. The summed E-state index contributed by atoms with van der Waals surface area (Å²) in [7, 11) is 0. The van der Waals surface area contributed by atoms with Crippen molar-refractivity contribution in [1.29, 1.82) is 0 Å². The van der Waals surface area contributed by atoms with Gasteiger partial charge in [-0.3, -0.25) is 4.79 Å². The Hall–Kier alpha value is -2.00. The van der Waals surface area contributed by atoms with Crippen molar-refractivity contribution >= 4 is 23.2 Å². The third-order valence-electron chi connectivity index (χ3n) is 2.90. The summed E-state index contributed by atoms with van der Waals surface area (Å²) in [5.74, 6) is 0.427. The van der Waals surface area contributed by atoms with Gasteiger partial charge in [-0.15, -0.1) is 0 Å². The highest BCUT2D eigenvalue weighted by molar-refractivity contribution is 6.30. The molecule has 0 aliphatic rings. The fourth-order valence-corrected chi connectivity index (χ4v) is 1.84. The van der Waals surface area contributed by atoms with E-state index in [1.165, 1.54) is 0 Å². The molecule has 0 saturated carbocycles. The number of aryl methyl sites for hydroxylation is 1. The molecule has 0 saturated heterocycles. The molecule has 4 heteroatoms. The Labute approximate surface area is 123 Å². The second-order valence-electron chi connectivity index (χ2n) is 4.52. The van der Waals surface area contributed by atoms with Crippen LogP contribution in [0.25, 0.3) is 0 Å². The molecule has 1 unspecified atom stereocenters. The Morgan fingerprint density at radius 3 is 2.45 bits per heavy atom. The van der Waals surface area contributed by atoms with Crippen LogP contribution in [0.4, 0.5) is 5.69 Å². The van der Waals surface area contributed by atoms with Crippen molar-refractivity contribution in [2.75, 3.05) is 5.32 Å². The van der Waals surface area contributed by atoms with Gasteiger partial charge in [-0.05, 0) is 49.7 Å². The number of carbonyl (C=O) groups is 1. The minimum Gasteiger partial charge on any atom is -0.481 e. The maximum atomic E-state index is 12.1. The van der Waals surface area contributed by atoms with Gasteiger partial charge in [0.25, 0.3) is 5.91 Å². The van der Waals surface area contributed by atoms with Crippen molar-refractivity contribution in [3.05, 3.63) is 59.1 Å². The molecule has 1 amide bonds. The summed E-state index contributed by atoms with van der Waals surface area (Å²) in [6.07, 6.45) is -0.587. The maximum Gasteiger partial charge on any atom is 0.265 e. The van der Waals surface area contributed by atoms with Crippen LogP contribution in [0.5, 0.6) is 5.75 Å². The molecule has 0 aliphatic heterocycles. The van der Waals surface area contributed by atoms with Crippen LogP contribution in [-0.4, -0.2) is 12.0 Å². The maximum absolute atomic E-state index is 12.1. The molecule has 0 aliphatic carbocycles. The minimum atomic E-state index is -0.587. The highest BCUT2D eigenvalue weighted by Gasteiger charge is 2.15. The van der Waals surface area contributed by atoms with Crippen molar-refractivity contribution in [1.82, 2.24) is 0 Å². The lowest BCUT2D eigenvalue weighted by Crippen LogP contribution is -2.30. The summed E-state index contributed by atoms with van der Waals surface area (Å²) >= 11 is 5.80. The van der Waals surface area contributed by atoms with Crippen LogP contribution in [0.15, 0.2) is 48.5 Å². The molecule has 0 radical (unpaired) electrons. The fourth-order valence-electron chi connectivity index (χ4n) is 1.72. The first-order valence-corrected chi connectivity index (χ1v) is 6.73. The topological polar surface area (TPSA) is 38.3 Å². The van der Waals surface area contributed by atoms with Crippen LogP contribution in [0, 0.1) is 6.92 Å². The third kappa shape index (κ3) is 3.75. The SMILES string of the molecule is Cc1ccccc1NC(=O)C(C)Oc1ccc(Cl)cc1. The normalized spacial score (nSPS) is 11.8. The average Bonchev–Trinajstić information content (AvgIpc) is 2.44. The van der Waals surface area contributed by atoms with Gasteiger partial charge in [0.15, 0.2) is 6.10 Å². The van der Waals surface area contributed by atoms with Crippen molar-refractivity contribution in [3.63, 3.8) is 0 Å². The Balaban J connectivity index is 1.99. The van der Waals surface area contributed by atoms with Crippen LogP contribution in [0.3, 0.4) is 0 Å².